The van der Waals surface area contributed by atoms with Crippen molar-refractivity contribution in [1.29, 1.82) is 0 Å². The van der Waals surface area contributed by atoms with Crippen LogP contribution in [-0.2, 0) is 23.9 Å². The standard InChI is InChI=1S/C15H20O.C10H10O2.C10H16OSi.C10H14OSi.C9H8O2.C5H8O/c1-4-6-7-8-9-10-11-15(16)13-12-14(3)5-2;1-3-4-5-6-7-8-9-10(11)12-2;2*1-12(2,3)10-8-6-4-5-7-9-11;1-2-3-4-5-6-7-8-9(10)11;1-2-3-4-5-6/h1,10-11,14H,5,8-9,12-13H2,2-3H3;1,8-9H,6-7H2,2H3;11H,5,7,9H2,1-3H3;9H,5,7H2,1-3H3;1,7-8H,5-6H2,(H,10,11);1,6H,3-5H2. The Hall–Kier alpha value is -6.99. The molecule has 0 amide bonds. The largest absolute Gasteiger partial charge is 0.478 e. The van der Waals surface area contributed by atoms with E-state index in [1.807, 2.05) is 6.08 Å². The molecule has 0 saturated heterocycles. The Kier molecular flexibility index (Phi) is 65.1. The van der Waals surface area contributed by atoms with E-state index in [0.29, 0.717) is 57.3 Å². The van der Waals surface area contributed by atoms with E-state index in [-0.39, 0.29) is 25.0 Å². The summed E-state index contributed by atoms with van der Waals surface area (Å²) in [6.07, 6.45) is 40.7. The fourth-order valence-corrected chi connectivity index (χ4v) is 4.14. The summed E-state index contributed by atoms with van der Waals surface area (Å²) in [4.78, 5) is 41.8. The average molecular weight is 969 g/mol. The fraction of sp³-hybridized carbons (Fsp3) is 0.458. The van der Waals surface area contributed by atoms with Crippen molar-refractivity contribution in [3.8, 4) is 132 Å². The van der Waals surface area contributed by atoms with Gasteiger partial charge in [0.2, 0.25) is 0 Å². The molecule has 0 aromatic heterocycles. The summed E-state index contributed by atoms with van der Waals surface area (Å²) < 4.78 is 4.38. The molecule has 1 unspecified atom stereocenters. The van der Waals surface area contributed by atoms with E-state index in [2.05, 4.69) is 164 Å². The first-order valence-corrected chi connectivity index (χ1v) is 29.5. The number of aliphatic hydroxyl groups excluding tert-OH is 2. The number of aldehydes is 1. The molecule has 0 aliphatic heterocycles. The smallest absolute Gasteiger partial charge is 0.330 e. The normalized spacial score (nSPS) is 9.26. The van der Waals surface area contributed by atoms with E-state index in [0.717, 1.165) is 57.3 Å². The summed E-state index contributed by atoms with van der Waals surface area (Å²) in [5.74, 6) is 41.2. The highest BCUT2D eigenvalue weighted by atomic mass is 28.3. The van der Waals surface area contributed by atoms with Crippen LogP contribution in [-0.4, -0.2) is 75.8 Å². The van der Waals surface area contributed by atoms with Gasteiger partial charge in [-0.2, -0.15) is 0 Å². The summed E-state index contributed by atoms with van der Waals surface area (Å²) in [6, 6.07) is 0. The van der Waals surface area contributed by atoms with Crippen LogP contribution in [0, 0.1) is 137 Å². The third-order valence-corrected chi connectivity index (χ3v) is 8.64. The molecule has 0 radical (unpaired) electrons. The van der Waals surface area contributed by atoms with Crippen molar-refractivity contribution >= 4 is 40.2 Å². The number of unbranched alkanes of at least 4 members (excludes halogenated alkanes) is 6. The van der Waals surface area contributed by atoms with Crippen LogP contribution >= 0.6 is 0 Å². The highest BCUT2D eigenvalue weighted by molar-refractivity contribution is 6.84. The predicted octanol–water partition coefficient (Wildman–Crippen LogP) is 9.42. The lowest BCUT2D eigenvalue weighted by atomic mass is 10.0. The first kappa shape index (κ1) is 73.6. The summed E-state index contributed by atoms with van der Waals surface area (Å²) in [5, 5.41) is 24.7. The summed E-state index contributed by atoms with van der Waals surface area (Å²) in [6.45, 7) is 17.8. The monoisotopic (exact) mass is 969 g/mol. The van der Waals surface area contributed by atoms with Crippen LogP contribution in [0.1, 0.15) is 110 Å². The summed E-state index contributed by atoms with van der Waals surface area (Å²) in [7, 11) is -1.16. The Bertz CT molecular complexity index is 2140. The zero-order valence-corrected chi connectivity index (χ0v) is 44.8. The molecule has 3 N–H and O–H groups in total. The minimum absolute atomic E-state index is 0.212. The lowest BCUT2D eigenvalue weighted by Gasteiger charge is -2.04. The molecule has 0 saturated carbocycles. The number of rotatable bonds is 19. The van der Waals surface area contributed by atoms with Gasteiger partial charge >= 0.3 is 11.9 Å². The maximum atomic E-state index is 11.4. The summed E-state index contributed by atoms with van der Waals surface area (Å²) >= 11 is 0. The third kappa shape index (κ3) is 96.1. The Morgan fingerprint density at radius 2 is 1.00 bits per heavy atom. The third-order valence-electron chi connectivity index (χ3n) is 6.89. The van der Waals surface area contributed by atoms with Crippen LogP contribution in [0.3, 0.4) is 0 Å². The van der Waals surface area contributed by atoms with Crippen molar-refractivity contribution in [2.24, 2.45) is 5.92 Å². The Labute approximate surface area is 421 Å². The van der Waals surface area contributed by atoms with Crippen molar-refractivity contribution in [2.45, 2.75) is 149 Å². The first-order chi connectivity index (χ1) is 32.8. The maximum absolute atomic E-state index is 11.4. The molecule has 0 aliphatic carbocycles. The second-order valence-electron chi connectivity index (χ2n) is 15.7. The highest BCUT2D eigenvalue weighted by Crippen LogP contribution is 2.09. The van der Waals surface area contributed by atoms with Crippen molar-refractivity contribution in [2.75, 3.05) is 20.3 Å². The molecule has 0 bridgehead atoms. The molecule has 0 aromatic carbocycles. The number of methoxy groups -OCH3 is 1. The molecule has 0 spiro atoms. The van der Waals surface area contributed by atoms with Gasteiger partial charge < -0.3 is 24.9 Å². The number of carbonyl (C=O) groups is 4. The summed E-state index contributed by atoms with van der Waals surface area (Å²) in [5.41, 5.74) is 6.28. The van der Waals surface area contributed by atoms with Crippen LogP contribution in [0.25, 0.3) is 0 Å². The molecule has 8 nitrogen and oxygen atoms in total. The number of carboxylic acids is 1. The van der Waals surface area contributed by atoms with Gasteiger partial charge in [-0.25, -0.2) is 9.59 Å². The molecule has 69 heavy (non-hydrogen) atoms. The van der Waals surface area contributed by atoms with Crippen LogP contribution in [0.2, 0.25) is 39.3 Å². The number of aliphatic carboxylic acids is 1. The maximum Gasteiger partial charge on any atom is 0.330 e. The first-order valence-electron chi connectivity index (χ1n) is 22.5. The van der Waals surface area contributed by atoms with Gasteiger partial charge in [0.1, 0.15) is 22.4 Å². The molecular formula is C59H76O8Si2. The molecule has 1 atom stereocenters. The lowest BCUT2D eigenvalue weighted by Crippen LogP contribution is -2.16. The van der Waals surface area contributed by atoms with Crippen LogP contribution in [0.4, 0.5) is 0 Å². The number of hydrogen-bond donors (Lipinski definition) is 3. The average Bonchev–Trinajstić information content (AvgIpc) is 3.30. The van der Waals surface area contributed by atoms with Crippen molar-refractivity contribution < 1.29 is 39.2 Å². The number of esters is 1. The fourth-order valence-electron chi connectivity index (χ4n) is 3.26. The van der Waals surface area contributed by atoms with E-state index in [1.54, 1.807) is 18.2 Å². The second-order valence-corrected chi connectivity index (χ2v) is 25.2. The highest BCUT2D eigenvalue weighted by Gasteiger charge is 2.07. The van der Waals surface area contributed by atoms with Crippen LogP contribution in [0.15, 0.2) is 36.5 Å². The Morgan fingerprint density at radius 3 is 1.36 bits per heavy atom. The van der Waals surface area contributed by atoms with Gasteiger partial charge in [0.25, 0.3) is 0 Å². The SMILES string of the molecule is C#CC#CCCC=CC(=O)CCC(C)CC.C#CC#CCCC=CC(=O)O.C#CC#CCCC=CC(=O)OC.C#CCCCO.C[Si](C)(C)C#CC#CCCC=O.C[Si](C)(C)C#CC#CCCCO. The molecule has 0 aromatic rings. The van der Waals surface area contributed by atoms with E-state index >= 15 is 0 Å². The quantitative estimate of drug-likeness (QED) is 0.0291. The molecular weight excluding hydrogens is 893 g/mol. The van der Waals surface area contributed by atoms with Crippen molar-refractivity contribution in [1.82, 2.24) is 0 Å². The van der Waals surface area contributed by atoms with Crippen molar-refractivity contribution in [3.63, 3.8) is 0 Å². The zero-order chi connectivity index (χ0) is 53.7. The molecule has 0 rings (SSSR count). The van der Waals surface area contributed by atoms with E-state index in [9.17, 15) is 19.2 Å². The molecule has 0 fully saturated rings. The van der Waals surface area contributed by atoms with E-state index < -0.39 is 22.1 Å². The minimum atomic E-state index is -1.26. The van der Waals surface area contributed by atoms with Crippen LogP contribution < -0.4 is 0 Å². The van der Waals surface area contributed by atoms with E-state index in [1.165, 1.54) is 13.2 Å². The minimum Gasteiger partial charge on any atom is -0.478 e. The van der Waals surface area contributed by atoms with E-state index in [4.69, 9.17) is 41.0 Å². The molecule has 368 valence electrons. The lowest BCUT2D eigenvalue weighted by molar-refractivity contribution is -0.135. The van der Waals surface area contributed by atoms with Gasteiger partial charge in [-0.15, -0.1) is 42.7 Å². The van der Waals surface area contributed by atoms with Gasteiger partial charge in [0.15, 0.2) is 5.78 Å². The molecule has 10 heteroatoms. The number of ether oxygens (including phenoxy) is 1. The topological polar surface area (TPSA) is 138 Å². The number of aliphatic hydroxyl groups is 2. The second kappa shape index (κ2) is 61.0. The molecule has 0 aliphatic rings. The number of hydrogen-bond acceptors (Lipinski definition) is 7. The van der Waals surface area contributed by atoms with Gasteiger partial charge in [-0.05, 0) is 110 Å². The number of ketones is 1. The number of terminal acetylenes is 4. The van der Waals surface area contributed by atoms with Crippen molar-refractivity contribution in [3.05, 3.63) is 36.5 Å². The van der Waals surface area contributed by atoms with Gasteiger partial charge in [0.05, 0.1) is 7.11 Å². The zero-order valence-electron chi connectivity index (χ0n) is 42.8. The Morgan fingerprint density at radius 1 is 0.594 bits per heavy atom. The number of carbonyl (C=O) groups excluding carboxylic acids is 3. The number of carboxylic acid groups (broad SMARTS) is 1. The molecule has 0 heterocycles. The van der Waals surface area contributed by atoms with Gasteiger partial charge in [0, 0.05) is 76.7 Å². The van der Waals surface area contributed by atoms with Gasteiger partial charge in [-0.3, -0.25) is 4.79 Å². The Balaban J connectivity index is -0.000000175. The van der Waals surface area contributed by atoms with Gasteiger partial charge in [-0.1, -0.05) is 107 Å². The number of allylic oxidation sites excluding steroid dienone is 4. The predicted molar refractivity (Wildman–Crippen MR) is 293 cm³/mol. The van der Waals surface area contributed by atoms with Crippen LogP contribution in [0.5, 0.6) is 0 Å².